The molecule has 1 spiro atoms. The maximum atomic E-state index is 13.0. The van der Waals surface area contributed by atoms with Gasteiger partial charge in [0.05, 0.1) is 12.2 Å². The van der Waals surface area contributed by atoms with Crippen LogP contribution in [0.15, 0.2) is 18.2 Å². The zero-order valence-corrected chi connectivity index (χ0v) is 16.9. The second kappa shape index (κ2) is 7.26. The van der Waals surface area contributed by atoms with Gasteiger partial charge in [0.2, 0.25) is 5.91 Å². The monoisotopic (exact) mass is 392 g/mol. The van der Waals surface area contributed by atoms with E-state index in [4.69, 9.17) is 16.3 Å². The number of halogens is 1. The van der Waals surface area contributed by atoms with Crippen molar-refractivity contribution < 1.29 is 14.6 Å². The van der Waals surface area contributed by atoms with Crippen molar-refractivity contribution in [3.8, 4) is 5.75 Å². The molecule has 1 aliphatic carbocycles. The normalized spacial score (nSPS) is 30.5. The first-order valence-electron chi connectivity index (χ1n) is 10.0. The van der Waals surface area contributed by atoms with Crippen LogP contribution in [0.4, 0.5) is 0 Å². The van der Waals surface area contributed by atoms with Gasteiger partial charge >= 0.3 is 0 Å². The van der Waals surface area contributed by atoms with E-state index >= 15 is 0 Å². The standard InChI is InChI=1S/C21H29ClN2O3/c1-14-11-24(12-15(2)27-14)20(26)18-10-21(18)5-7-23(8-6-21)13-16-9-17(22)3-4-19(16)25/h3-4,9,14-15,18,25H,5-8,10-13H2,1-2H3/t14-,15+,18-/m1/s1. The molecule has 4 rings (SSSR count). The molecule has 1 aromatic carbocycles. The van der Waals surface area contributed by atoms with Crippen LogP contribution in [0.25, 0.3) is 0 Å². The number of likely N-dealkylation sites (tertiary alicyclic amines) is 1. The minimum absolute atomic E-state index is 0.125. The maximum Gasteiger partial charge on any atom is 0.226 e. The van der Waals surface area contributed by atoms with E-state index < -0.39 is 0 Å². The Balaban J connectivity index is 1.32. The lowest BCUT2D eigenvalue weighted by Gasteiger charge is -2.37. The summed E-state index contributed by atoms with van der Waals surface area (Å²) in [6, 6.07) is 5.20. The first kappa shape index (κ1) is 19.0. The van der Waals surface area contributed by atoms with Crippen LogP contribution in [0.1, 0.15) is 38.7 Å². The molecule has 2 aliphatic heterocycles. The van der Waals surface area contributed by atoms with Gasteiger partial charge in [-0.05, 0) is 69.8 Å². The highest BCUT2D eigenvalue weighted by Gasteiger charge is 2.59. The predicted molar refractivity (Wildman–Crippen MR) is 105 cm³/mol. The zero-order valence-electron chi connectivity index (χ0n) is 16.2. The molecule has 2 heterocycles. The number of aromatic hydroxyl groups is 1. The van der Waals surface area contributed by atoms with Crippen LogP contribution >= 0.6 is 11.6 Å². The first-order valence-corrected chi connectivity index (χ1v) is 10.4. The van der Waals surface area contributed by atoms with Crippen molar-refractivity contribution in [1.82, 2.24) is 9.80 Å². The number of piperidine rings is 1. The van der Waals surface area contributed by atoms with Crippen molar-refractivity contribution >= 4 is 17.5 Å². The summed E-state index contributed by atoms with van der Waals surface area (Å²) in [5.74, 6) is 0.823. The number of rotatable bonds is 3. The van der Waals surface area contributed by atoms with Crippen molar-refractivity contribution in [3.63, 3.8) is 0 Å². The summed E-state index contributed by atoms with van der Waals surface area (Å²) >= 11 is 6.06. The number of carbonyl (C=O) groups is 1. The topological polar surface area (TPSA) is 53.0 Å². The fourth-order valence-corrected chi connectivity index (χ4v) is 5.10. The fraction of sp³-hybridized carbons (Fsp3) is 0.667. The van der Waals surface area contributed by atoms with Crippen molar-refractivity contribution in [3.05, 3.63) is 28.8 Å². The molecule has 5 nitrogen and oxygen atoms in total. The van der Waals surface area contributed by atoms with Crippen LogP contribution in [0.2, 0.25) is 5.02 Å². The second-order valence-corrected chi connectivity index (χ2v) is 9.11. The summed E-state index contributed by atoms with van der Waals surface area (Å²) in [5, 5.41) is 10.7. The molecular weight excluding hydrogens is 364 g/mol. The number of hydrogen-bond acceptors (Lipinski definition) is 4. The summed E-state index contributed by atoms with van der Waals surface area (Å²) in [6.07, 6.45) is 3.39. The van der Waals surface area contributed by atoms with Gasteiger partial charge in [-0.3, -0.25) is 9.69 Å². The van der Waals surface area contributed by atoms with Gasteiger partial charge in [0, 0.05) is 36.1 Å². The Morgan fingerprint density at radius 2 is 1.93 bits per heavy atom. The van der Waals surface area contributed by atoms with Crippen molar-refractivity contribution in [2.45, 2.75) is 51.9 Å². The van der Waals surface area contributed by atoms with Gasteiger partial charge in [0.1, 0.15) is 5.75 Å². The number of amides is 1. The lowest BCUT2D eigenvalue weighted by molar-refractivity contribution is -0.145. The Kier molecular flexibility index (Phi) is 5.12. The van der Waals surface area contributed by atoms with E-state index in [1.54, 1.807) is 12.1 Å². The SMILES string of the molecule is C[C@@H]1CN(C(=O)[C@H]2CC23CCN(Cc2cc(Cl)ccc2O)CC3)C[C@H](C)O1. The summed E-state index contributed by atoms with van der Waals surface area (Å²) in [7, 11) is 0. The molecule has 0 aromatic heterocycles. The third-order valence-corrected chi connectivity index (χ3v) is 6.74. The van der Waals surface area contributed by atoms with Gasteiger partial charge in [0.25, 0.3) is 0 Å². The molecule has 1 N–H and O–H groups in total. The molecular formula is C21H29ClN2O3. The van der Waals surface area contributed by atoms with E-state index in [0.29, 0.717) is 23.2 Å². The largest absolute Gasteiger partial charge is 0.508 e. The smallest absolute Gasteiger partial charge is 0.226 e. The maximum absolute atomic E-state index is 13.0. The molecule has 27 heavy (non-hydrogen) atoms. The highest BCUT2D eigenvalue weighted by atomic mass is 35.5. The van der Waals surface area contributed by atoms with E-state index in [9.17, 15) is 9.90 Å². The molecule has 3 atom stereocenters. The molecule has 3 fully saturated rings. The van der Waals surface area contributed by atoms with E-state index in [2.05, 4.69) is 4.90 Å². The average molecular weight is 393 g/mol. The number of hydrogen-bond donors (Lipinski definition) is 1. The van der Waals surface area contributed by atoms with Gasteiger partial charge in [-0.25, -0.2) is 0 Å². The van der Waals surface area contributed by atoms with E-state index in [1.807, 2.05) is 24.8 Å². The summed E-state index contributed by atoms with van der Waals surface area (Å²) < 4.78 is 5.76. The van der Waals surface area contributed by atoms with Crippen molar-refractivity contribution in [2.75, 3.05) is 26.2 Å². The number of nitrogens with zero attached hydrogens (tertiary/aromatic N) is 2. The third kappa shape index (κ3) is 3.96. The molecule has 0 radical (unpaired) electrons. The van der Waals surface area contributed by atoms with Gasteiger partial charge in [-0.1, -0.05) is 11.6 Å². The molecule has 148 valence electrons. The summed E-state index contributed by atoms with van der Waals surface area (Å²) in [4.78, 5) is 17.4. The summed E-state index contributed by atoms with van der Waals surface area (Å²) in [6.45, 7) is 8.16. The van der Waals surface area contributed by atoms with Gasteiger partial charge in [-0.2, -0.15) is 0 Å². The van der Waals surface area contributed by atoms with Crippen LogP contribution in [-0.2, 0) is 16.1 Å². The average Bonchev–Trinajstić information content (AvgIpc) is 3.32. The quantitative estimate of drug-likeness (QED) is 0.857. The van der Waals surface area contributed by atoms with Crippen molar-refractivity contribution in [1.29, 1.82) is 0 Å². The van der Waals surface area contributed by atoms with Gasteiger partial charge in [0.15, 0.2) is 0 Å². The Morgan fingerprint density at radius 3 is 2.59 bits per heavy atom. The van der Waals surface area contributed by atoms with Crippen LogP contribution in [0, 0.1) is 11.3 Å². The van der Waals surface area contributed by atoms with E-state index in [-0.39, 0.29) is 23.5 Å². The molecule has 1 amide bonds. The fourth-order valence-electron chi connectivity index (χ4n) is 4.91. The van der Waals surface area contributed by atoms with Gasteiger partial charge < -0.3 is 14.7 Å². The Hall–Kier alpha value is -1.30. The third-order valence-electron chi connectivity index (χ3n) is 6.51. The lowest BCUT2D eigenvalue weighted by atomic mass is 9.90. The second-order valence-electron chi connectivity index (χ2n) is 8.67. The van der Waals surface area contributed by atoms with Crippen molar-refractivity contribution in [2.24, 2.45) is 11.3 Å². The number of ether oxygens (including phenoxy) is 1. The Labute approximate surface area is 166 Å². The van der Waals surface area contributed by atoms with E-state index in [0.717, 1.165) is 51.0 Å². The minimum Gasteiger partial charge on any atom is -0.508 e. The molecule has 1 saturated carbocycles. The number of phenols is 1. The lowest BCUT2D eigenvalue weighted by Crippen LogP contribution is -2.49. The number of phenolic OH excluding ortho intramolecular Hbond substituents is 1. The highest BCUT2D eigenvalue weighted by molar-refractivity contribution is 6.30. The van der Waals surface area contributed by atoms with Gasteiger partial charge in [-0.15, -0.1) is 0 Å². The number of morpholine rings is 1. The molecule has 3 aliphatic rings. The molecule has 6 heteroatoms. The molecule has 1 aromatic rings. The Bertz CT molecular complexity index is 707. The minimum atomic E-state index is 0.125. The molecule has 0 unspecified atom stereocenters. The first-order chi connectivity index (χ1) is 12.9. The van der Waals surface area contributed by atoms with E-state index in [1.165, 1.54) is 0 Å². The van der Waals surface area contributed by atoms with Crippen LogP contribution in [0.5, 0.6) is 5.75 Å². The van der Waals surface area contributed by atoms with Crippen LogP contribution in [-0.4, -0.2) is 59.2 Å². The molecule has 2 saturated heterocycles. The Morgan fingerprint density at radius 1 is 1.26 bits per heavy atom. The molecule has 0 bridgehead atoms. The predicted octanol–water partition coefficient (Wildman–Crippen LogP) is 3.28. The van der Waals surface area contributed by atoms with Crippen LogP contribution in [0.3, 0.4) is 0 Å². The summed E-state index contributed by atoms with van der Waals surface area (Å²) in [5.41, 5.74) is 1.08. The zero-order chi connectivity index (χ0) is 19.2. The number of carbonyl (C=O) groups excluding carboxylic acids is 1. The van der Waals surface area contributed by atoms with Crippen LogP contribution < -0.4 is 0 Å². The highest BCUT2D eigenvalue weighted by Crippen LogP contribution is 2.60. The number of benzene rings is 1.